The fourth-order valence-electron chi connectivity index (χ4n) is 7.35. The number of allylic oxidation sites excluding steroid dienone is 3. The molecule has 4 aliphatic carbocycles. The van der Waals surface area contributed by atoms with Crippen LogP contribution in [0.2, 0.25) is 0 Å². The Kier molecular flexibility index (Phi) is 4.38. The second-order valence-electron chi connectivity index (χ2n) is 9.91. The summed E-state index contributed by atoms with van der Waals surface area (Å²) >= 11 is 0. The van der Waals surface area contributed by atoms with Gasteiger partial charge in [-0.3, -0.25) is 9.59 Å². The quantitative estimate of drug-likeness (QED) is 0.648. The van der Waals surface area contributed by atoms with Crippen LogP contribution >= 0.6 is 0 Å². The van der Waals surface area contributed by atoms with E-state index in [9.17, 15) is 9.59 Å². The first-order valence-corrected chi connectivity index (χ1v) is 11.2. The predicted molar refractivity (Wildman–Crippen MR) is 107 cm³/mol. The molecule has 1 saturated carbocycles. The Hall–Kier alpha value is -1.46. The molecule has 5 rings (SSSR count). The molecule has 4 atom stereocenters. The maximum atomic E-state index is 12.8. The van der Waals surface area contributed by atoms with Crippen molar-refractivity contribution in [3.05, 3.63) is 22.8 Å². The van der Waals surface area contributed by atoms with Crippen LogP contribution in [0.3, 0.4) is 0 Å². The summed E-state index contributed by atoms with van der Waals surface area (Å²) in [6, 6.07) is 0. The summed E-state index contributed by atoms with van der Waals surface area (Å²) in [7, 11) is 0. The number of fused-ring (bicyclic) bond motifs is 4. The summed E-state index contributed by atoms with van der Waals surface area (Å²) in [6.07, 6.45) is 9.81. The minimum Gasteiger partial charge on any atom is -0.451 e. The van der Waals surface area contributed by atoms with E-state index in [0.29, 0.717) is 31.5 Å². The number of rotatable bonds is 2. The van der Waals surface area contributed by atoms with E-state index in [2.05, 4.69) is 13.0 Å². The number of hydrogen-bond donors (Lipinski definition) is 0. The van der Waals surface area contributed by atoms with Crippen molar-refractivity contribution >= 4 is 11.8 Å². The van der Waals surface area contributed by atoms with Gasteiger partial charge in [-0.25, -0.2) is 0 Å². The smallest absolute Gasteiger partial charge is 0.303 e. The summed E-state index contributed by atoms with van der Waals surface area (Å²) in [6.45, 7) is 6.62. The van der Waals surface area contributed by atoms with Gasteiger partial charge in [-0.15, -0.1) is 0 Å². The fraction of sp³-hybridized carbons (Fsp3) is 0.750. The molecule has 2 unspecified atom stereocenters. The zero-order chi connectivity index (χ0) is 20.4. The summed E-state index contributed by atoms with van der Waals surface area (Å²) in [5, 5.41) is 0. The molecule has 2 fully saturated rings. The van der Waals surface area contributed by atoms with Crippen molar-refractivity contribution in [2.75, 3.05) is 13.2 Å². The second-order valence-corrected chi connectivity index (χ2v) is 9.91. The first-order valence-electron chi connectivity index (χ1n) is 11.2. The van der Waals surface area contributed by atoms with E-state index in [1.165, 1.54) is 23.6 Å². The Morgan fingerprint density at radius 1 is 1.10 bits per heavy atom. The normalized spacial score (nSPS) is 40.2. The number of esters is 1. The lowest BCUT2D eigenvalue weighted by atomic mass is 9.55. The minimum atomic E-state index is -0.970. The highest BCUT2D eigenvalue weighted by atomic mass is 16.7. The molecule has 29 heavy (non-hydrogen) atoms. The molecule has 1 saturated heterocycles. The monoisotopic (exact) mass is 400 g/mol. The van der Waals surface area contributed by atoms with Crippen LogP contribution in [0.4, 0.5) is 0 Å². The Labute approximate surface area is 172 Å². The third-order valence-electron chi connectivity index (χ3n) is 8.65. The SMILES string of the molecule is CC(=O)O[C@]1(C(C)=O)CCC2C3CCC4=C(CCC5(C4)OCCO5)C3=CC[C@@]21C. The van der Waals surface area contributed by atoms with Crippen molar-refractivity contribution in [2.45, 2.75) is 83.5 Å². The topological polar surface area (TPSA) is 61.8 Å². The van der Waals surface area contributed by atoms with Gasteiger partial charge in [-0.2, -0.15) is 0 Å². The molecule has 1 heterocycles. The summed E-state index contributed by atoms with van der Waals surface area (Å²) in [4.78, 5) is 24.7. The van der Waals surface area contributed by atoms with Crippen molar-refractivity contribution < 1.29 is 23.8 Å². The van der Waals surface area contributed by atoms with E-state index in [1.54, 1.807) is 6.92 Å². The Balaban J connectivity index is 1.49. The lowest BCUT2D eigenvalue weighted by Gasteiger charge is -2.51. The zero-order valence-corrected chi connectivity index (χ0v) is 17.8. The highest BCUT2D eigenvalue weighted by molar-refractivity contribution is 5.89. The van der Waals surface area contributed by atoms with Crippen LogP contribution in [-0.4, -0.2) is 36.4 Å². The minimum absolute atomic E-state index is 0.000373. The molecule has 0 amide bonds. The molecule has 0 bridgehead atoms. The molecular weight excluding hydrogens is 368 g/mol. The number of carbonyl (C=O) groups is 2. The molecule has 0 aromatic rings. The van der Waals surface area contributed by atoms with Crippen LogP contribution in [0, 0.1) is 17.3 Å². The number of ketones is 1. The predicted octanol–water partition coefficient (Wildman–Crippen LogP) is 4.26. The third-order valence-corrected chi connectivity index (χ3v) is 8.65. The molecule has 158 valence electrons. The van der Waals surface area contributed by atoms with Gasteiger partial charge in [0.2, 0.25) is 0 Å². The molecule has 1 aliphatic heterocycles. The number of hydrogen-bond acceptors (Lipinski definition) is 5. The molecule has 1 spiro atoms. The summed E-state index contributed by atoms with van der Waals surface area (Å²) in [5.74, 6) is 0.125. The largest absolute Gasteiger partial charge is 0.451 e. The lowest BCUT2D eigenvalue weighted by molar-refractivity contribution is -0.180. The number of Topliss-reactive ketones (excluding diaryl/α,β-unsaturated/α-hetero) is 1. The van der Waals surface area contributed by atoms with E-state index in [-0.39, 0.29) is 23.0 Å². The molecule has 5 heteroatoms. The maximum absolute atomic E-state index is 12.8. The molecule has 0 N–H and O–H groups in total. The lowest BCUT2D eigenvalue weighted by Crippen LogP contribution is -2.55. The summed E-state index contributed by atoms with van der Waals surface area (Å²) < 4.78 is 17.8. The van der Waals surface area contributed by atoms with Crippen molar-refractivity contribution in [1.29, 1.82) is 0 Å². The molecule has 0 radical (unpaired) electrons. The molecule has 5 aliphatic rings. The van der Waals surface area contributed by atoms with Gasteiger partial charge in [0.25, 0.3) is 0 Å². The van der Waals surface area contributed by atoms with Crippen molar-refractivity contribution in [2.24, 2.45) is 17.3 Å². The van der Waals surface area contributed by atoms with Gasteiger partial charge in [0.15, 0.2) is 17.2 Å². The standard InChI is InChI=1S/C24H32O5/c1-15(25)24(29-16(2)26)11-8-21-20-5-4-17-14-23(27-12-13-28-23)10-7-18(17)19(20)6-9-22(21,24)3/h6,20-21H,4-5,7-14H2,1-3H3/t20?,21?,22-,24-/m0/s1. The van der Waals surface area contributed by atoms with Crippen molar-refractivity contribution in [3.63, 3.8) is 0 Å². The Morgan fingerprint density at radius 2 is 1.86 bits per heavy atom. The molecule has 0 aromatic carbocycles. The van der Waals surface area contributed by atoms with Gasteiger partial charge < -0.3 is 14.2 Å². The van der Waals surface area contributed by atoms with Gasteiger partial charge in [-0.1, -0.05) is 18.6 Å². The Bertz CT molecular complexity index is 817. The third kappa shape index (κ3) is 2.66. The fourth-order valence-corrected chi connectivity index (χ4v) is 7.35. The van der Waals surface area contributed by atoms with Gasteiger partial charge in [0.05, 0.1) is 13.2 Å². The van der Waals surface area contributed by atoms with Crippen LogP contribution in [0.25, 0.3) is 0 Å². The molecule has 0 aromatic heterocycles. The molecule has 5 nitrogen and oxygen atoms in total. The summed E-state index contributed by atoms with van der Waals surface area (Å²) in [5.41, 5.74) is 3.26. The van der Waals surface area contributed by atoms with Gasteiger partial charge in [0.1, 0.15) is 0 Å². The van der Waals surface area contributed by atoms with Crippen LogP contribution in [0.1, 0.15) is 72.1 Å². The zero-order valence-electron chi connectivity index (χ0n) is 17.8. The van der Waals surface area contributed by atoms with E-state index in [0.717, 1.165) is 44.9 Å². The Morgan fingerprint density at radius 3 is 2.55 bits per heavy atom. The van der Waals surface area contributed by atoms with Gasteiger partial charge in [0, 0.05) is 25.2 Å². The first kappa shape index (κ1) is 19.5. The van der Waals surface area contributed by atoms with Crippen LogP contribution in [-0.2, 0) is 23.8 Å². The van der Waals surface area contributed by atoms with E-state index in [1.807, 2.05) is 0 Å². The van der Waals surface area contributed by atoms with E-state index in [4.69, 9.17) is 14.2 Å². The van der Waals surface area contributed by atoms with Gasteiger partial charge in [-0.05, 0) is 68.4 Å². The number of carbonyl (C=O) groups excluding carboxylic acids is 2. The highest BCUT2D eigenvalue weighted by Crippen LogP contribution is 2.64. The maximum Gasteiger partial charge on any atom is 0.303 e. The van der Waals surface area contributed by atoms with Crippen LogP contribution in [0.15, 0.2) is 22.8 Å². The van der Waals surface area contributed by atoms with Crippen LogP contribution < -0.4 is 0 Å². The number of ether oxygens (including phenoxy) is 3. The van der Waals surface area contributed by atoms with E-state index < -0.39 is 5.60 Å². The average molecular weight is 401 g/mol. The van der Waals surface area contributed by atoms with Crippen molar-refractivity contribution in [1.82, 2.24) is 0 Å². The van der Waals surface area contributed by atoms with Gasteiger partial charge >= 0.3 is 5.97 Å². The average Bonchev–Trinajstić information content (AvgIpc) is 3.24. The van der Waals surface area contributed by atoms with Crippen molar-refractivity contribution in [3.8, 4) is 0 Å². The first-order chi connectivity index (χ1) is 13.8. The van der Waals surface area contributed by atoms with Crippen LogP contribution in [0.5, 0.6) is 0 Å². The highest BCUT2D eigenvalue weighted by Gasteiger charge is 2.65. The second kappa shape index (κ2) is 6.52. The molecular formula is C24H32O5. The van der Waals surface area contributed by atoms with E-state index >= 15 is 0 Å².